The smallest absolute Gasteiger partial charge is 0.254 e. The van der Waals surface area contributed by atoms with Crippen molar-refractivity contribution in [3.63, 3.8) is 0 Å². The van der Waals surface area contributed by atoms with Crippen molar-refractivity contribution in [2.24, 2.45) is 0 Å². The first-order valence-electron chi connectivity index (χ1n) is 9.84. The fraction of sp³-hybridized carbons (Fsp3) is 0.476. The second-order valence-electron chi connectivity index (χ2n) is 7.36. The standard InChI is InChI=1S/C21H25N3O5/c1-13-14(5-3-6-15(13)23-20(25)18-7-4-10-28-18)21(26)24-9-8-17-16(11-24)22-19(29-17)12-27-2/h3,5-6,18H,4,7-12H2,1-2H3,(H,23,25). The van der Waals surface area contributed by atoms with Crippen LogP contribution in [0.2, 0.25) is 0 Å². The summed E-state index contributed by atoms with van der Waals surface area (Å²) in [7, 11) is 1.59. The number of rotatable bonds is 5. The number of oxazole rings is 1. The molecule has 1 saturated heterocycles. The topological polar surface area (TPSA) is 93.9 Å². The molecule has 0 saturated carbocycles. The van der Waals surface area contributed by atoms with E-state index in [4.69, 9.17) is 13.9 Å². The van der Waals surface area contributed by atoms with Gasteiger partial charge in [0.15, 0.2) is 0 Å². The van der Waals surface area contributed by atoms with E-state index in [1.807, 2.05) is 13.0 Å². The average molecular weight is 399 g/mol. The lowest BCUT2D eigenvalue weighted by molar-refractivity contribution is -0.124. The summed E-state index contributed by atoms with van der Waals surface area (Å²) in [6, 6.07) is 5.38. The minimum absolute atomic E-state index is 0.0855. The molecule has 0 radical (unpaired) electrons. The second-order valence-corrected chi connectivity index (χ2v) is 7.36. The molecule has 1 aromatic heterocycles. The molecule has 29 heavy (non-hydrogen) atoms. The SMILES string of the molecule is COCc1nc2c(o1)CCN(C(=O)c1cccc(NC(=O)C3CCCO3)c1C)C2. The maximum Gasteiger partial charge on any atom is 0.254 e. The highest BCUT2D eigenvalue weighted by molar-refractivity contribution is 6.00. The molecule has 8 heteroatoms. The quantitative estimate of drug-likeness (QED) is 0.830. The molecule has 2 aliphatic heterocycles. The predicted molar refractivity (Wildman–Crippen MR) is 104 cm³/mol. The van der Waals surface area contributed by atoms with E-state index in [2.05, 4.69) is 10.3 Å². The summed E-state index contributed by atoms with van der Waals surface area (Å²) in [6.45, 7) is 3.72. The highest BCUT2D eigenvalue weighted by atomic mass is 16.5. The number of benzene rings is 1. The molecule has 0 aliphatic carbocycles. The zero-order valence-electron chi connectivity index (χ0n) is 16.7. The van der Waals surface area contributed by atoms with Crippen LogP contribution >= 0.6 is 0 Å². The monoisotopic (exact) mass is 399 g/mol. The normalized spacial score (nSPS) is 18.6. The van der Waals surface area contributed by atoms with E-state index < -0.39 is 6.10 Å². The summed E-state index contributed by atoms with van der Waals surface area (Å²) in [5.41, 5.74) is 2.73. The number of nitrogens with zero attached hydrogens (tertiary/aromatic N) is 2. The zero-order valence-corrected chi connectivity index (χ0v) is 16.7. The summed E-state index contributed by atoms with van der Waals surface area (Å²) in [5, 5.41) is 2.91. The van der Waals surface area contributed by atoms with Crippen molar-refractivity contribution < 1.29 is 23.5 Å². The van der Waals surface area contributed by atoms with Crippen molar-refractivity contribution in [1.29, 1.82) is 0 Å². The Hall–Kier alpha value is -2.71. The second kappa shape index (κ2) is 8.34. The minimum atomic E-state index is -0.414. The number of hydrogen-bond donors (Lipinski definition) is 1. The Morgan fingerprint density at radius 3 is 3.00 bits per heavy atom. The van der Waals surface area contributed by atoms with Gasteiger partial charge in [-0.2, -0.15) is 0 Å². The summed E-state index contributed by atoms with van der Waals surface area (Å²) in [4.78, 5) is 31.7. The van der Waals surface area contributed by atoms with Gasteiger partial charge in [-0.1, -0.05) is 6.07 Å². The van der Waals surface area contributed by atoms with E-state index >= 15 is 0 Å². The van der Waals surface area contributed by atoms with Gasteiger partial charge in [0.05, 0.1) is 6.54 Å². The third-order valence-electron chi connectivity index (χ3n) is 5.37. The minimum Gasteiger partial charge on any atom is -0.443 e. The van der Waals surface area contributed by atoms with Crippen molar-refractivity contribution >= 4 is 17.5 Å². The van der Waals surface area contributed by atoms with E-state index in [0.29, 0.717) is 49.9 Å². The molecule has 154 valence electrons. The van der Waals surface area contributed by atoms with Crippen LogP contribution < -0.4 is 5.32 Å². The lowest BCUT2D eigenvalue weighted by Gasteiger charge is -2.26. The molecule has 1 N–H and O–H groups in total. The fourth-order valence-electron chi connectivity index (χ4n) is 3.78. The first-order valence-corrected chi connectivity index (χ1v) is 9.84. The van der Waals surface area contributed by atoms with Crippen LogP contribution in [0.1, 0.15) is 46.1 Å². The van der Waals surface area contributed by atoms with Crippen LogP contribution in [-0.2, 0) is 33.8 Å². The van der Waals surface area contributed by atoms with Crippen molar-refractivity contribution in [1.82, 2.24) is 9.88 Å². The third-order valence-corrected chi connectivity index (χ3v) is 5.37. The lowest BCUT2D eigenvalue weighted by atomic mass is 10.0. The number of amides is 2. The Morgan fingerprint density at radius 1 is 1.38 bits per heavy atom. The maximum absolute atomic E-state index is 13.2. The molecule has 1 aromatic carbocycles. The molecule has 0 spiro atoms. The number of carbonyl (C=O) groups excluding carboxylic acids is 2. The molecular weight excluding hydrogens is 374 g/mol. The molecule has 0 bridgehead atoms. The van der Waals surface area contributed by atoms with E-state index in [9.17, 15) is 9.59 Å². The molecule has 1 unspecified atom stereocenters. The first kappa shape index (κ1) is 19.6. The van der Waals surface area contributed by atoms with Gasteiger partial charge >= 0.3 is 0 Å². The Bertz CT molecular complexity index is 917. The molecule has 2 amide bonds. The molecule has 1 fully saturated rings. The van der Waals surface area contributed by atoms with Crippen LogP contribution in [0.15, 0.2) is 22.6 Å². The van der Waals surface area contributed by atoms with Gasteiger partial charge in [-0.15, -0.1) is 0 Å². The Kier molecular flexibility index (Phi) is 5.64. The number of fused-ring (bicyclic) bond motifs is 1. The number of methoxy groups -OCH3 is 1. The first-order chi connectivity index (χ1) is 14.1. The zero-order chi connectivity index (χ0) is 20.4. The Morgan fingerprint density at radius 2 is 2.24 bits per heavy atom. The molecule has 8 nitrogen and oxygen atoms in total. The van der Waals surface area contributed by atoms with E-state index in [0.717, 1.165) is 29.9 Å². The van der Waals surface area contributed by atoms with Gasteiger partial charge in [-0.05, 0) is 37.5 Å². The summed E-state index contributed by atoms with van der Waals surface area (Å²) >= 11 is 0. The Balaban J connectivity index is 1.49. The van der Waals surface area contributed by atoms with Gasteiger partial charge in [0, 0.05) is 37.9 Å². The van der Waals surface area contributed by atoms with Crippen molar-refractivity contribution in [3.8, 4) is 0 Å². The van der Waals surface area contributed by atoms with E-state index in [1.165, 1.54) is 0 Å². The van der Waals surface area contributed by atoms with Gasteiger partial charge in [0.1, 0.15) is 24.2 Å². The summed E-state index contributed by atoms with van der Waals surface area (Å²) in [5.74, 6) is 1.10. The number of anilines is 1. The van der Waals surface area contributed by atoms with Crippen molar-refractivity contribution in [2.45, 2.75) is 45.4 Å². The number of ether oxygens (including phenoxy) is 2. The molecule has 2 aliphatic rings. The van der Waals surface area contributed by atoms with Crippen LogP contribution in [0.3, 0.4) is 0 Å². The Labute approximate surface area is 169 Å². The maximum atomic E-state index is 13.2. The fourth-order valence-corrected chi connectivity index (χ4v) is 3.78. The van der Waals surface area contributed by atoms with E-state index in [1.54, 1.807) is 24.1 Å². The van der Waals surface area contributed by atoms with Crippen LogP contribution in [0, 0.1) is 6.92 Å². The lowest BCUT2D eigenvalue weighted by Crippen LogP contribution is -2.36. The van der Waals surface area contributed by atoms with Crippen LogP contribution in [0.4, 0.5) is 5.69 Å². The predicted octanol–water partition coefficient (Wildman–Crippen LogP) is 2.45. The van der Waals surface area contributed by atoms with Gasteiger partial charge in [-0.25, -0.2) is 4.98 Å². The molecular formula is C21H25N3O5. The van der Waals surface area contributed by atoms with Crippen LogP contribution in [0.25, 0.3) is 0 Å². The number of hydrogen-bond acceptors (Lipinski definition) is 6. The van der Waals surface area contributed by atoms with Gasteiger partial charge < -0.3 is 24.1 Å². The van der Waals surface area contributed by atoms with Crippen LogP contribution in [0.5, 0.6) is 0 Å². The molecule has 3 heterocycles. The molecule has 4 rings (SSSR count). The van der Waals surface area contributed by atoms with Crippen molar-refractivity contribution in [3.05, 3.63) is 46.7 Å². The highest BCUT2D eigenvalue weighted by Gasteiger charge is 2.28. The summed E-state index contributed by atoms with van der Waals surface area (Å²) < 4.78 is 16.2. The third kappa shape index (κ3) is 4.04. The summed E-state index contributed by atoms with van der Waals surface area (Å²) in [6.07, 6.45) is 1.82. The van der Waals surface area contributed by atoms with Gasteiger partial charge in [0.25, 0.3) is 11.8 Å². The van der Waals surface area contributed by atoms with Gasteiger partial charge in [0.2, 0.25) is 5.89 Å². The number of carbonyl (C=O) groups is 2. The van der Waals surface area contributed by atoms with Crippen LogP contribution in [-0.4, -0.2) is 48.1 Å². The van der Waals surface area contributed by atoms with Crippen molar-refractivity contribution in [2.75, 3.05) is 25.6 Å². The van der Waals surface area contributed by atoms with E-state index in [-0.39, 0.29) is 11.8 Å². The molecule has 1 atom stereocenters. The number of nitrogens with one attached hydrogen (secondary N) is 1. The average Bonchev–Trinajstić information content (AvgIpc) is 3.38. The van der Waals surface area contributed by atoms with Gasteiger partial charge in [-0.3, -0.25) is 9.59 Å². The highest BCUT2D eigenvalue weighted by Crippen LogP contribution is 2.25. The largest absolute Gasteiger partial charge is 0.443 e. The molecule has 2 aromatic rings. The number of aromatic nitrogens is 1.